The number of hydrogen-bond acceptors (Lipinski definition) is 2. The molecule has 0 radical (unpaired) electrons. The molecule has 13 heavy (non-hydrogen) atoms. The van der Waals surface area contributed by atoms with Crippen LogP contribution in [0.1, 0.15) is 46.0 Å². The highest BCUT2D eigenvalue weighted by Crippen LogP contribution is 2.17. The summed E-state index contributed by atoms with van der Waals surface area (Å²) in [7, 11) is 0. The molecule has 0 aliphatic heterocycles. The van der Waals surface area contributed by atoms with Gasteiger partial charge in [0.25, 0.3) is 0 Å². The van der Waals surface area contributed by atoms with Gasteiger partial charge in [-0.25, -0.2) is 5.43 Å². The van der Waals surface area contributed by atoms with Crippen molar-refractivity contribution in [2.45, 2.75) is 52.0 Å². The van der Waals surface area contributed by atoms with Crippen LogP contribution in [0.2, 0.25) is 0 Å². The topological polar surface area (TPSA) is 41.1 Å². The number of hydrazine groups is 1. The van der Waals surface area contributed by atoms with Crippen LogP contribution in [0.25, 0.3) is 0 Å². The third kappa shape index (κ3) is 3.35. The number of amides is 1. The van der Waals surface area contributed by atoms with Crippen LogP contribution < -0.4 is 10.9 Å². The Morgan fingerprint density at radius 3 is 2.69 bits per heavy atom. The maximum atomic E-state index is 11.4. The number of hydrogen-bond donors (Lipinski definition) is 2. The molecule has 1 aliphatic rings. The molecule has 1 saturated carbocycles. The van der Waals surface area contributed by atoms with Crippen molar-refractivity contribution in [3.05, 3.63) is 0 Å². The first-order valence-corrected chi connectivity index (χ1v) is 5.29. The highest BCUT2D eigenvalue weighted by atomic mass is 16.2. The minimum absolute atomic E-state index is 0.133. The monoisotopic (exact) mass is 184 g/mol. The molecule has 3 nitrogen and oxygen atoms in total. The molecule has 1 rings (SSSR count). The van der Waals surface area contributed by atoms with Gasteiger partial charge < -0.3 is 0 Å². The molecular weight excluding hydrogens is 164 g/mol. The van der Waals surface area contributed by atoms with E-state index in [0.717, 1.165) is 12.8 Å². The molecule has 0 saturated heterocycles. The number of nitrogens with one attached hydrogen (secondary N) is 2. The Morgan fingerprint density at radius 2 is 2.23 bits per heavy atom. The molecule has 1 atom stereocenters. The van der Waals surface area contributed by atoms with Crippen molar-refractivity contribution in [2.75, 3.05) is 0 Å². The Hall–Kier alpha value is -0.570. The summed E-state index contributed by atoms with van der Waals surface area (Å²) in [5.41, 5.74) is 5.84. The Morgan fingerprint density at radius 1 is 1.54 bits per heavy atom. The summed E-state index contributed by atoms with van der Waals surface area (Å²) < 4.78 is 0. The van der Waals surface area contributed by atoms with Crippen molar-refractivity contribution in [3.63, 3.8) is 0 Å². The summed E-state index contributed by atoms with van der Waals surface area (Å²) in [4.78, 5) is 11.4. The summed E-state index contributed by atoms with van der Waals surface area (Å²) in [5, 5.41) is 0. The van der Waals surface area contributed by atoms with Gasteiger partial charge in [-0.15, -0.1) is 0 Å². The molecule has 0 aromatic carbocycles. The van der Waals surface area contributed by atoms with Gasteiger partial charge in [-0.05, 0) is 19.3 Å². The lowest BCUT2D eigenvalue weighted by Gasteiger charge is -2.27. The van der Waals surface area contributed by atoms with Gasteiger partial charge in [0, 0.05) is 12.0 Å². The largest absolute Gasteiger partial charge is 0.291 e. The first-order valence-electron chi connectivity index (χ1n) is 5.29. The van der Waals surface area contributed by atoms with E-state index in [-0.39, 0.29) is 11.8 Å². The molecule has 1 unspecified atom stereocenters. The van der Waals surface area contributed by atoms with Gasteiger partial charge in [-0.3, -0.25) is 10.2 Å². The Labute approximate surface area is 80.2 Å². The van der Waals surface area contributed by atoms with Crippen molar-refractivity contribution in [1.82, 2.24) is 10.9 Å². The minimum atomic E-state index is 0.133. The van der Waals surface area contributed by atoms with E-state index < -0.39 is 0 Å². The van der Waals surface area contributed by atoms with E-state index in [1.54, 1.807) is 0 Å². The van der Waals surface area contributed by atoms with Crippen molar-refractivity contribution in [3.8, 4) is 0 Å². The lowest BCUT2D eigenvalue weighted by atomic mass is 9.94. The molecule has 1 aliphatic carbocycles. The predicted octanol–water partition coefficient (Wildman–Crippen LogP) is 1.60. The van der Waals surface area contributed by atoms with Crippen molar-refractivity contribution >= 4 is 5.91 Å². The normalized spacial score (nSPS) is 19.2. The van der Waals surface area contributed by atoms with Crippen LogP contribution in [-0.2, 0) is 4.79 Å². The van der Waals surface area contributed by atoms with Crippen LogP contribution in [0, 0.1) is 5.92 Å². The van der Waals surface area contributed by atoms with E-state index in [1.165, 1.54) is 19.3 Å². The van der Waals surface area contributed by atoms with E-state index >= 15 is 0 Å². The molecule has 0 spiro atoms. The lowest BCUT2D eigenvalue weighted by Crippen LogP contribution is -2.48. The fraction of sp³-hybridized carbons (Fsp3) is 0.900. The van der Waals surface area contributed by atoms with Crippen molar-refractivity contribution in [2.24, 2.45) is 5.92 Å². The molecule has 1 fully saturated rings. The molecule has 3 heteroatoms. The van der Waals surface area contributed by atoms with Gasteiger partial charge in [-0.1, -0.05) is 26.7 Å². The van der Waals surface area contributed by atoms with E-state index in [9.17, 15) is 4.79 Å². The van der Waals surface area contributed by atoms with Crippen LogP contribution >= 0.6 is 0 Å². The molecule has 0 aromatic rings. The first-order chi connectivity index (χ1) is 6.24. The predicted molar refractivity (Wildman–Crippen MR) is 53.0 cm³/mol. The molecule has 76 valence electrons. The average Bonchev–Trinajstić information content (AvgIpc) is 2.01. The summed E-state index contributed by atoms with van der Waals surface area (Å²) in [6.07, 6.45) is 5.72. The zero-order valence-electron chi connectivity index (χ0n) is 8.60. The quantitative estimate of drug-likeness (QED) is 0.637. The summed E-state index contributed by atoms with van der Waals surface area (Å²) in [5.74, 6) is 0.270. The minimum Gasteiger partial charge on any atom is -0.291 e. The molecule has 1 amide bonds. The Bertz CT molecular complexity index is 166. The third-order valence-electron chi connectivity index (χ3n) is 2.67. The maximum Gasteiger partial charge on any atom is 0.236 e. The lowest BCUT2D eigenvalue weighted by molar-refractivity contribution is -0.126. The third-order valence-corrected chi connectivity index (χ3v) is 2.67. The van der Waals surface area contributed by atoms with E-state index in [4.69, 9.17) is 0 Å². The second-order valence-corrected chi connectivity index (χ2v) is 3.95. The summed E-state index contributed by atoms with van der Waals surface area (Å²) >= 11 is 0. The van der Waals surface area contributed by atoms with Gasteiger partial charge in [0.1, 0.15) is 0 Å². The highest BCUT2D eigenvalue weighted by molar-refractivity contribution is 5.77. The zero-order chi connectivity index (χ0) is 9.68. The molecule has 0 heterocycles. The van der Waals surface area contributed by atoms with Crippen LogP contribution in [0.3, 0.4) is 0 Å². The SMILES string of the molecule is CCCC(C)C(=O)NNC1CCC1. The van der Waals surface area contributed by atoms with Gasteiger partial charge in [0.05, 0.1) is 0 Å². The highest BCUT2D eigenvalue weighted by Gasteiger charge is 2.18. The standard InChI is InChI=1S/C10H20N2O/c1-3-5-8(2)10(13)12-11-9-6-4-7-9/h8-9,11H,3-7H2,1-2H3,(H,12,13). The maximum absolute atomic E-state index is 11.4. The van der Waals surface area contributed by atoms with Crippen LogP contribution in [-0.4, -0.2) is 11.9 Å². The second kappa shape index (κ2) is 5.22. The summed E-state index contributed by atoms with van der Waals surface area (Å²) in [6, 6.07) is 0.526. The fourth-order valence-corrected chi connectivity index (χ4v) is 1.41. The zero-order valence-corrected chi connectivity index (χ0v) is 8.60. The van der Waals surface area contributed by atoms with Gasteiger partial charge in [0.15, 0.2) is 0 Å². The van der Waals surface area contributed by atoms with E-state index in [2.05, 4.69) is 17.8 Å². The van der Waals surface area contributed by atoms with Crippen molar-refractivity contribution in [1.29, 1.82) is 0 Å². The molecule has 0 bridgehead atoms. The van der Waals surface area contributed by atoms with Gasteiger partial charge >= 0.3 is 0 Å². The smallest absolute Gasteiger partial charge is 0.236 e. The number of carbonyl (C=O) groups is 1. The van der Waals surface area contributed by atoms with Crippen LogP contribution in [0.5, 0.6) is 0 Å². The number of rotatable bonds is 5. The first kappa shape index (κ1) is 10.5. The summed E-state index contributed by atoms with van der Waals surface area (Å²) in [6.45, 7) is 4.07. The second-order valence-electron chi connectivity index (χ2n) is 3.95. The van der Waals surface area contributed by atoms with E-state index in [1.807, 2.05) is 6.92 Å². The van der Waals surface area contributed by atoms with Gasteiger partial charge in [-0.2, -0.15) is 0 Å². The van der Waals surface area contributed by atoms with Gasteiger partial charge in [0.2, 0.25) is 5.91 Å². The average molecular weight is 184 g/mol. The van der Waals surface area contributed by atoms with Crippen LogP contribution in [0.4, 0.5) is 0 Å². The molecular formula is C10H20N2O. The Balaban J connectivity index is 2.08. The van der Waals surface area contributed by atoms with Crippen molar-refractivity contribution < 1.29 is 4.79 Å². The Kier molecular flexibility index (Phi) is 4.22. The molecule has 0 aromatic heterocycles. The van der Waals surface area contributed by atoms with Crippen LogP contribution in [0.15, 0.2) is 0 Å². The number of carbonyl (C=O) groups excluding carboxylic acids is 1. The fourth-order valence-electron chi connectivity index (χ4n) is 1.41. The van der Waals surface area contributed by atoms with E-state index in [0.29, 0.717) is 6.04 Å². The molecule has 2 N–H and O–H groups in total.